The molecule has 0 radical (unpaired) electrons. The van der Waals surface area contributed by atoms with E-state index < -0.39 is 17.1 Å². The van der Waals surface area contributed by atoms with E-state index >= 15 is 0 Å². The van der Waals surface area contributed by atoms with E-state index in [1.807, 2.05) is 13.8 Å². The Hall–Kier alpha value is -2.09. The average Bonchev–Trinajstić information content (AvgIpc) is 2.27. The second-order valence-corrected chi connectivity index (χ2v) is 5.80. The van der Waals surface area contributed by atoms with Crippen molar-refractivity contribution in [2.45, 2.75) is 45.6 Å². The molecule has 5 heteroatoms. The molecule has 102 valence electrons. The van der Waals surface area contributed by atoms with E-state index in [0.29, 0.717) is 5.82 Å². The minimum Gasteiger partial charge on any atom is -0.444 e. The zero-order valence-corrected chi connectivity index (χ0v) is 11.9. The van der Waals surface area contributed by atoms with Crippen LogP contribution in [0.25, 0.3) is 0 Å². The molecule has 0 atom stereocenters. The molecule has 0 bridgehead atoms. The quantitative estimate of drug-likeness (QED) is 0.886. The van der Waals surface area contributed by atoms with Crippen molar-refractivity contribution >= 4 is 11.9 Å². The van der Waals surface area contributed by atoms with Crippen molar-refractivity contribution in [3.05, 3.63) is 23.9 Å². The van der Waals surface area contributed by atoms with Gasteiger partial charge in [-0.25, -0.2) is 9.78 Å². The lowest BCUT2D eigenvalue weighted by Gasteiger charge is -2.19. The van der Waals surface area contributed by atoms with E-state index in [4.69, 9.17) is 10.00 Å². The standard InChI is InChI=1S/C14H19N3O2/c1-13(2,3)19-12(18)17-11-7-6-10(8-16-11)14(4,5)9-15/h6-8H,1-5H3,(H,16,17,18). The van der Waals surface area contributed by atoms with Crippen LogP contribution in [-0.4, -0.2) is 16.7 Å². The molecule has 0 fully saturated rings. The molecule has 1 amide bonds. The molecule has 5 nitrogen and oxygen atoms in total. The number of carbonyl (C=O) groups excluding carboxylic acids is 1. The fourth-order valence-corrected chi connectivity index (χ4v) is 1.31. The third-order valence-electron chi connectivity index (χ3n) is 2.39. The molecule has 19 heavy (non-hydrogen) atoms. The molecular weight excluding hydrogens is 242 g/mol. The van der Waals surface area contributed by atoms with Crippen molar-refractivity contribution in [2.75, 3.05) is 5.32 Å². The van der Waals surface area contributed by atoms with E-state index in [1.165, 1.54) is 0 Å². The number of ether oxygens (including phenoxy) is 1. The van der Waals surface area contributed by atoms with Gasteiger partial charge in [0.25, 0.3) is 0 Å². The summed E-state index contributed by atoms with van der Waals surface area (Å²) in [4.78, 5) is 15.6. The van der Waals surface area contributed by atoms with Crippen LogP contribution in [0, 0.1) is 11.3 Å². The Morgan fingerprint density at radius 2 is 1.95 bits per heavy atom. The van der Waals surface area contributed by atoms with Crippen LogP contribution in [0.2, 0.25) is 0 Å². The first-order chi connectivity index (χ1) is 8.64. The number of nitriles is 1. The van der Waals surface area contributed by atoms with Gasteiger partial charge in [-0.3, -0.25) is 5.32 Å². The maximum atomic E-state index is 11.5. The molecule has 0 aromatic carbocycles. The van der Waals surface area contributed by atoms with Crippen molar-refractivity contribution in [1.29, 1.82) is 5.26 Å². The zero-order valence-electron chi connectivity index (χ0n) is 11.9. The highest BCUT2D eigenvalue weighted by Gasteiger charge is 2.20. The monoisotopic (exact) mass is 261 g/mol. The molecule has 0 aliphatic carbocycles. The first-order valence-electron chi connectivity index (χ1n) is 6.02. The van der Waals surface area contributed by atoms with Gasteiger partial charge in [0.2, 0.25) is 0 Å². The summed E-state index contributed by atoms with van der Waals surface area (Å²) in [7, 11) is 0. The van der Waals surface area contributed by atoms with Crippen LogP contribution >= 0.6 is 0 Å². The number of hydrogen-bond donors (Lipinski definition) is 1. The van der Waals surface area contributed by atoms with Gasteiger partial charge < -0.3 is 4.74 Å². The summed E-state index contributed by atoms with van der Waals surface area (Å²) in [5, 5.41) is 11.6. The summed E-state index contributed by atoms with van der Waals surface area (Å²) in [6.45, 7) is 8.99. The van der Waals surface area contributed by atoms with Crippen LogP contribution in [-0.2, 0) is 10.2 Å². The zero-order chi connectivity index (χ0) is 14.7. The van der Waals surface area contributed by atoms with Crippen molar-refractivity contribution in [3.8, 4) is 6.07 Å². The highest BCUT2D eigenvalue weighted by molar-refractivity contribution is 5.83. The van der Waals surface area contributed by atoms with E-state index in [0.717, 1.165) is 5.56 Å². The highest BCUT2D eigenvalue weighted by atomic mass is 16.6. The van der Waals surface area contributed by atoms with Crippen molar-refractivity contribution < 1.29 is 9.53 Å². The Labute approximate surface area is 113 Å². The largest absolute Gasteiger partial charge is 0.444 e. The average molecular weight is 261 g/mol. The number of rotatable bonds is 2. The topological polar surface area (TPSA) is 75.0 Å². The second kappa shape index (κ2) is 5.27. The molecule has 1 N–H and O–H groups in total. The number of anilines is 1. The lowest BCUT2D eigenvalue weighted by atomic mass is 9.88. The van der Waals surface area contributed by atoms with Crippen molar-refractivity contribution in [2.24, 2.45) is 0 Å². The fourth-order valence-electron chi connectivity index (χ4n) is 1.31. The molecule has 0 saturated heterocycles. The van der Waals surface area contributed by atoms with Crippen LogP contribution in [0.1, 0.15) is 40.2 Å². The lowest BCUT2D eigenvalue weighted by Crippen LogP contribution is -2.27. The fraction of sp³-hybridized carbons (Fsp3) is 0.500. The lowest BCUT2D eigenvalue weighted by molar-refractivity contribution is 0.0635. The summed E-state index contributed by atoms with van der Waals surface area (Å²) in [6.07, 6.45) is 1.03. The summed E-state index contributed by atoms with van der Waals surface area (Å²) in [6, 6.07) is 5.61. The molecule has 0 aliphatic heterocycles. The smallest absolute Gasteiger partial charge is 0.413 e. The molecule has 1 aromatic heterocycles. The Morgan fingerprint density at radius 3 is 2.37 bits per heavy atom. The molecule has 0 saturated carbocycles. The Balaban J connectivity index is 2.74. The molecule has 1 rings (SSSR count). The summed E-state index contributed by atoms with van der Waals surface area (Å²) < 4.78 is 5.12. The van der Waals surface area contributed by atoms with Crippen molar-refractivity contribution in [1.82, 2.24) is 4.98 Å². The van der Waals surface area contributed by atoms with Crippen LogP contribution in [0.4, 0.5) is 10.6 Å². The Morgan fingerprint density at radius 1 is 1.32 bits per heavy atom. The molecule has 1 aromatic rings. The number of nitrogens with one attached hydrogen (secondary N) is 1. The van der Waals surface area contributed by atoms with Gasteiger partial charge in [-0.2, -0.15) is 5.26 Å². The molecule has 0 aliphatic rings. The summed E-state index contributed by atoms with van der Waals surface area (Å²) in [5.41, 5.74) is -0.352. The van der Waals surface area contributed by atoms with E-state index in [-0.39, 0.29) is 0 Å². The molecule has 0 spiro atoms. The van der Waals surface area contributed by atoms with E-state index in [1.54, 1.807) is 39.1 Å². The number of carbonyl (C=O) groups is 1. The van der Waals surface area contributed by atoms with Gasteiger partial charge in [-0.15, -0.1) is 0 Å². The summed E-state index contributed by atoms with van der Waals surface area (Å²) in [5.74, 6) is 0.395. The predicted octanol–water partition coefficient (Wildman–Crippen LogP) is 3.23. The van der Waals surface area contributed by atoms with Crippen molar-refractivity contribution in [3.63, 3.8) is 0 Å². The van der Waals surface area contributed by atoms with Gasteiger partial charge in [0, 0.05) is 6.20 Å². The number of aromatic nitrogens is 1. The van der Waals surface area contributed by atoms with Gasteiger partial charge in [-0.05, 0) is 46.2 Å². The predicted molar refractivity (Wildman–Crippen MR) is 72.7 cm³/mol. The van der Waals surface area contributed by atoms with Gasteiger partial charge in [0.15, 0.2) is 0 Å². The second-order valence-electron chi connectivity index (χ2n) is 5.80. The van der Waals surface area contributed by atoms with Crippen LogP contribution in [0.3, 0.4) is 0 Å². The van der Waals surface area contributed by atoms with E-state index in [9.17, 15) is 4.79 Å². The first-order valence-corrected chi connectivity index (χ1v) is 6.02. The minimum atomic E-state index is -0.600. The first kappa shape index (κ1) is 15.0. The number of nitrogens with zero attached hydrogens (tertiary/aromatic N) is 2. The third kappa shape index (κ3) is 4.59. The number of amides is 1. The SMILES string of the molecule is CC(C)(C)OC(=O)Nc1ccc(C(C)(C)C#N)cn1. The maximum absolute atomic E-state index is 11.5. The maximum Gasteiger partial charge on any atom is 0.413 e. The summed E-state index contributed by atoms with van der Waals surface area (Å²) >= 11 is 0. The number of hydrogen-bond acceptors (Lipinski definition) is 4. The van der Waals surface area contributed by atoms with Gasteiger partial charge in [0.05, 0.1) is 11.5 Å². The Kier molecular flexibility index (Phi) is 4.15. The third-order valence-corrected chi connectivity index (χ3v) is 2.39. The Bertz CT molecular complexity index is 493. The van der Waals surface area contributed by atoms with Gasteiger partial charge in [0.1, 0.15) is 11.4 Å². The van der Waals surface area contributed by atoms with Crippen LogP contribution < -0.4 is 5.32 Å². The molecular formula is C14H19N3O2. The van der Waals surface area contributed by atoms with Crippen LogP contribution in [0.15, 0.2) is 18.3 Å². The normalized spacial score (nSPS) is 11.6. The highest BCUT2D eigenvalue weighted by Crippen LogP contribution is 2.22. The minimum absolute atomic E-state index is 0.395. The van der Waals surface area contributed by atoms with Crippen LogP contribution in [0.5, 0.6) is 0 Å². The van der Waals surface area contributed by atoms with Gasteiger partial charge in [-0.1, -0.05) is 6.07 Å². The molecule has 1 heterocycles. The van der Waals surface area contributed by atoms with E-state index in [2.05, 4.69) is 16.4 Å². The van der Waals surface area contributed by atoms with Gasteiger partial charge >= 0.3 is 6.09 Å². The molecule has 0 unspecified atom stereocenters. The number of pyridine rings is 1.